The maximum absolute atomic E-state index is 14.0. The Balaban J connectivity index is 1.25. The van der Waals surface area contributed by atoms with Crippen LogP contribution in [0, 0.1) is 23.0 Å². The van der Waals surface area contributed by atoms with E-state index in [1.807, 2.05) is 36.1 Å². The van der Waals surface area contributed by atoms with E-state index in [-0.39, 0.29) is 23.7 Å². The normalized spacial score (nSPS) is 19.5. The molecule has 3 aromatic rings. The Morgan fingerprint density at radius 3 is 2.05 bits per heavy atom. The van der Waals surface area contributed by atoms with E-state index in [1.54, 1.807) is 24.3 Å². The second-order valence-electron chi connectivity index (χ2n) is 9.89. The van der Waals surface area contributed by atoms with Crippen LogP contribution in [0.5, 0.6) is 0 Å². The number of rotatable bonds is 7. The smallest absolute Gasteiger partial charge is 0.253 e. The molecule has 2 heterocycles. The monoisotopic (exact) mass is 515 g/mol. The van der Waals surface area contributed by atoms with Crippen molar-refractivity contribution in [3.8, 4) is 6.07 Å². The first kappa shape index (κ1) is 25.8. The minimum atomic E-state index is -1.21. The molecule has 8 heteroatoms. The molecule has 0 radical (unpaired) electrons. The standard InChI is InChI=1S/C30H31F2N5O/c1-22-34-30(24-7-11-26(31)12-8-24,25-9-13-27(32)14-10-25)29(38)37(22)16-4-15-35-17-19-36(20-18-35)28-6-3-2-5-23(28)21-33/h2-3,5-14,22,34H,4,15-20H2,1H3. The minimum Gasteiger partial charge on any atom is -0.368 e. The summed E-state index contributed by atoms with van der Waals surface area (Å²) in [7, 11) is 0. The van der Waals surface area contributed by atoms with Crippen molar-refractivity contribution in [2.75, 3.05) is 44.2 Å². The highest BCUT2D eigenvalue weighted by atomic mass is 19.1. The average Bonchev–Trinajstić information content (AvgIpc) is 3.20. The van der Waals surface area contributed by atoms with Gasteiger partial charge in [0.2, 0.25) is 0 Å². The van der Waals surface area contributed by atoms with Gasteiger partial charge in [0.1, 0.15) is 17.7 Å². The summed E-state index contributed by atoms with van der Waals surface area (Å²) in [4.78, 5) is 20.4. The van der Waals surface area contributed by atoms with E-state index in [0.29, 0.717) is 23.2 Å². The van der Waals surface area contributed by atoms with Gasteiger partial charge in [0.05, 0.1) is 17.4 Å². The van der Waals surface area contributed by atoms with Crippen LogP contribution in [0.25, 0.3) is 0 Å². The molecule has 0 aromatic heterocycles. The molecule has 1 unspecified atom stereocenters. The summed E-state index contributed by atoms with van der Waals surface area (Å²) in [6.45, 7) is 6.82. The largest absolute Gasteiger partial charge is 0.368 e. The lowest BCUT2D eigenvalue weighted by molar-refractivity contribution is -0.132. The molecule has 3 aromatic carbocycles. The number of benzene rings is 3. The fraction of sp³-hybridized carbons (Fsp3) is 0.333. The SMILES string of the molecule is CC1NC(c2ccc(F)cc2)(c2ccc(F)cc2)C(=O)N1CCCN1CCN(c2ccccc2C#N)CC1. The molecule has 5 rings (SSSR count). The Morgan fingerprint density at radius 1 is 0.895 bits per heavy atom. The number of anilines is 1. The predicted molar refractivity (Wildman–Crippen MR) is 142 cm³/mol. The Bertz CT molecular complexity index is 1270. The molecule has 2 aliphatic heterocycles. The number of carbonyl (C=O) groups is 1. The lowest BCUT2D eigenvalue weighted by atomic mass is 9.82. The molecule has 0 bridgehead atoms. The van der Waals surface area contributed by atoms with E-state index in [0.717, 1.165) is 44.8 Å². The quantitative estimate of drug-likeness (QED) is 0.514. The van der Waals surface area contributed by atoms with Gasteiger partial charge < -0.3 is 9.80 Å². The third-order valence-electron chi connectivity index (χ3n) is 7.64. The second-order valence-corrected chi connectivity index (χ2v) is 9.89. The summed E-state index contributed by atoms with van der Waals surface area (Å²) in [5.41, 5.74) is 1.72. The van der Waals surface area contributed by atoms with Crippen molar-refractivity contribution in [1.29, 1.82) is 5.26 Å². The molecule has 2 aliphatic rings. The van der Waals surface area contributed by atoms with Crippen LogP contribution >= 0.6 is 0 Å². The zero-order valence-corrected chi connectivity index (χ0v) is 21.4. The molecule has 1 N–H and O–H groups in total. The number of nitrogens with zero attached hydrogens (tertiary/aromatic N) is 4. The Labute approximate surface area is 222 Å². The van der Waals surface area contributed by atoms with Gasteiger partial charge in [-0.05, 0) is 67.4 Å². The molecular weight excluding hydrogens is 484 g/mol. The third-order valence-corrected chi connectivity index (χ3v) is 7.64. The molecule has 0 aliphatic carbocycles. The first-order valence-corrected chi connectivity index (χ1v) is 13.0. The van der Waals surface area contributed by atoms with Crippen LogP contribution < -0.4 is 10.2 Å². The van der Waals surface area contributed by atoms with Crippen LogP contribution in [0.2, 0.25) is 0 Å². The van der Waals surface area contributed by atoms with E-state index in [1.165, 1.54) is 24.3 Å². The molecule has 0 saturated carbocycles. The summed E-state index contributed by atoms with van der Waals surface area (Å²) in [6.07, 6.45) is 0.548. The Kier molecular flexibility index (Phi) is 7.41. The predicted octanol–water partition coefficient (Wildman–Crippen LogP) is 4.07. The number of hydrogen-bond donors (Lipinski definition) is 1. The van der Waals surface area contributed by atoms with Gasteiger partial charge in [-0.2, -0.15) is 5.26 Å². The maximum Gasteiger partial charge on any atom is 0.253 e. The third kappa shape index (κ3) is 4.87. The molecule has 38 heavy (non-hydrogen) atoms. The fourth-order valence-corrected chi connectivity index (χ4v) is 5.64. The van der Waals surface area contributed by atoms with Gasteiger partial charge in [-0.25, -0.2) is 8.78 Å². The number of nitrogens with one attached hydrogen (secondary N) is 1. The number of halogens is 2. The Hall–Kier alpha value is -3.80. The van der Waals surface area contributed by atoms with Gasteiger partial charge in [0.25, 0.3) is 5.91 Å². The van der Waals surface area contributed by atoms with Crippen molar-refractivity contribution in [3.63, 3.8) is 0 Å². The number of amides is 1. The molecule has 1 atom stereocenters. The van der Waals surface area contributed by atoms with Gasteiger partial charge in [-0.3, -0.25) is 15.0 Å². The summed E-state index contributed by atoms with van der Waals surface area (Å²) >= 11 is 0. The van der Waals surface area contributed by atoms with Gasteiger partial charge >= 0.3 is 0 Å². The first-order valence-electron chi connectivity index (χ1n) is 13.0. The van der Waals surface area contributed by atoms with E-state index >= 15 is 0 Å². The number of nitriles is 1. The molecule has 2 fully saturated rings. The van der Waals surface area contributed by atoms with Crippen molar-refractivity contribution in [2.45, 2.75) is 25.0 Å². The lowest BCUT2D eigenvalue weighted by Crippen LogP contribution is -2.47. The summed E-state index contributed by atoms with van der Waals surface area (Å²) in [6, 6.07) is 21.8. The van der Waals surface area contributed by atoms with Gasteiger partial charge in [-0.15, -0.1) is 0 Å². The van der Waals surface area contributed by atoms with E-state index in [9.17, 15) is 18.8 Å². The molecule has 0 spiro atoms. The van der Waals surface area contributed by atoms with Gasteiger partial charge in [0, 0.05) is 32.7 Å². The van der Waals surface area contributed by atoms with Crippen molar-refractivity contribution in [2.24, 2.45) is 0 Å². The van der Waals surface area contributed by atoms with Crippen LogP contribution in [0.3, 0.4) is 0 Å². The fourth-order valence-electron chi connectivity index (χ4n) is 5.64. The van der Waals surface area contributed by atoms with Gasteiger partial charge in [-0.1, -0.05) is 36.4 Å². The maximum atomic E-state index is 14.0. The highest BCUT2D eigenvalue weighted by Gasteiger charge is 2.52. The van der Waals surface area contributed by atoms with Crippen LogP contribution in [0.1, 0.15) is 30.0 Å². The van der Waals surface area contributed by atoms with E-state index < -0.39 is 5.54 Å². The Morgan fingerprint density at radius 2 is 1.47 bits per heavy atom. The molecule has 6 nitrogen and oxygen atoms in total. The van der Waals surface area contributed by atoms with Crippen molar-refractivity contribution in [1.82, 2.24) is 15.1 Å². The average molecular weight is 516 g/mol. The topological polar surface area (TPSA) is 62.6 Å². The molecular formula is C30H31F2N5O. The van der Waals surface area contributed by atoms with Crippen LogP contribution in [0.4, 0.5) is 14.5 Å². The molecule has 2 saturated heterocycles. The number of carbonyl (C=O) groups excluding carboxylic acids is 1. The zero-order valence-electron chi connectivity index (χ0n) is 21.4. The minimum absolute atomic E-state index is 0.124. The van der Waals surface area contributed by atoms with E-state index in [4.69, 9.17) is 0 Å². The second kappa shape index (κ2) is 10.9. The van der Waals surface area contributed by atoms with Crippen LogP contribution in [0.15, 0.2) is 72.8 Å². The zero-order chi connectivity index (χ0) is 26.7. The summed E-state index contributed by atoms with van der Waals surface area (Å²) < 4.78 is 27.4. The van der Waals surface area contributed by atoms with Crippen molar-refractivity contribution < 1.29 is 13.6 Å². The van der Waals surface area contributed by atoms with Crippen LogP contribution in [-0.2, 0) is 10.3 Å². The lowest BCUT2D eigenvalue weighted by Gasteiger charge is -2.36. The number of para-hydroxylation sites is 1. The van der Waals surface area contributed by atoms with Crippen LogP contribution in [-0.4, -0.2) is 61.1 Å². The molecule has 1 amide bonds. The van der Waals surface area contributed by atoms with Crippen molar-refractivity contribution >= 4 is 11.6 Å². The van der Waals surface area contributed by atoms with Gasteiger partial charge in [0.15, 0.2) is 5.54 Å². The van der Waals surface area contributed by atoms with Crippen molar-refractivity contribution in [3.05, 3.63) is 101 Å². The first-order chi connectivity index (χ1) is 18.4. The van der Waals surface area contributed by atoms with E-state index in [2.05, 4.69) is 21.2 Å². The highest BCUT2D eigenvalue weighted by Crippen LogP contribution is 2.37. The number of piperazine rings is 1. The number of hydrogen-bond acceptors (Lipinski definition) is 5. The summed E-state index contributed by atoms with van der Waals surface area (Å²) in [5.74, 6) is -0.884. The molecule has 196 valence electrons. The summed E-state index contributed by atoms with van der Waals surface area (Å²) in [5, 5.41) is 12.9. The highest BCUT2D eigenvalue weighted by molar-refractivity contribution is 5.94.